The van der Waals surface area contributed by atoms with E-state index in [-0.39, 0.29) is 18.4 Å². The third-order valence-electron chi connectivity index (χ3n) is 5.82. The fourth-order valence-corrected chi connectivity index (χ4v) is 4.04. The van der Waals surface area contributed by atoms with Crippen LogP contribution in [0.1, 0.15) is 24.1 Å². The van der Waals surface area contributed by atoms with Crippen molar-refractivity contribution in [3.8, 4) is 11.5 Å². The molecule has 0 aliphatic carbocycles. The molecule has 0 aliphatic heterocycles. The average molecular weight is 500 g/mol. The van der Waals surface area contributed by atoms with Gasteiger partial charge in [0.05, 0.1) is 14.2 Å². The number of ether oxygens (including phenoxy) is 2. The molecule has 1 atom stereocenters. The first-order valence-electron chi connectivity index (χ1n) is 11.6. The molecule has 9 heteroatoms. The van der Waals surface area contributed by atoms with Gasteiger partial charge < -0.3 is 31.2 Å². The lowest BCUT2D eigenvalue weighted by Crippen LogP contribution is -2.33. The predicted octanol–water partition coefficient (Wildman–Crippen LogP) is 4.26. The summed E-state index contributed by atoms with van der Waals surface area (Å²) in [7, 11) is 3.11. The van der Waals surface area contributed by atoms with E-state index in [0.717, 1.165) is 22.0 Å². The number of nitrogens with one attached hydrogen (secondary N) is 3. The molecule has 0 spiro atoms. The lowest BCUT2D eigenvalue weighted by molar-refractivity contribution is -0.122. The zero-order valence-corrected chi connectivity index (χ0v) is 20.9. The Hall–Kier alpha value is -4.79. The molecule has 5 N–H and O–H groups in total. The highest BCUT2D eigenvalue weighted by Gasteiger charge is 2.22. The quantitative estimate of drug-likeness (QED) is 0.271. The molecule has 9 nitrogen and oxygen atoms in total. The fraction of sp³-hybridized carbons (Fsp3) is 0.179. The van der Waals surface area contributed by atoms with Gasteiger partial charge in [-0.3, -0.25) is 9.59 Å². The van der Waals surface area contributed by atoms with Crippen LogP contribution in [0.4, 0.5) is 17.2 Å². The molecule has 0 bridgehead atoms. The molecule has 3 aromatic carbocycles. The fourth-order valence-electron chi connectivity index (χ4n) is 4.04. The maximum atomic E-state index is 13.5. The normalized spacial score (nSPS) is 11.4. The van der Waals surface area contributed by atoms with Crippen LogP contribution in [-0.2, 0) is 16.1 Å². The van der Waals surface area contributed by atoms with E-state index in [1.54, 1.807) is 38.6 Å². The van der Waals surface area contributed by atoms with E-state index >= 15 is 0 Å². The molecule has 190 valence electrons. The van der Waals surface area contributed by atoms with Crippen LogP contribution >= 0.6 is 0 Å². The first-order chi connectivity index (χ1) is 17.9. The molecule has 4 aromatic rings. The summed E-state index contributed by atoms with van der Waals surface area (Å²) in [6.07, 6.45) is 1.65. The number of benzene rings is 3. The summed E-state index contributed by atoms with van der Waals surface area (Å²) in [6, 6.07) is 19.5. The second kappa shape index (κ2) is 11.3. The number of methoxy groups -OCH3 is 2. The number of nitrogens with two attached hydrogens (primary N) is 1. The largest absolute Gasteiger partial charge is 0.493 e. The van der Waals surface area contributed by atoms with E-state index in [4.69, 9.17) is 15.2 Å². The van der Waals surface area contributed by atoms with Crippen LogP contribution in [0.15, 0.2) is 72.9 Å². The molecule has 0 radical (unpaired) electrons. The van der Waals surface area contributed by atoms with E-state index in [0.29, 0.717) is 28.6 Å². The van der Waals surface area contributed by atoms with Gasteiger partial charge in [0.2, 0.25) is 11.8 Å². The van der Waals surface area contributed by atoms with Crippen LogP contribution in [0.5, 0.6) is 11.5 Å². The van der Waals surface area contributed by atoms with Crippen molar-refractivity contribution >= 4 is 39.8 Å². The number of carbonyl (C=O) groups is 2. The minimum atomic E-state index is -0.741. The third kappa shape index (κ3) is 6.07. The highest BCUT2D eigenvalue weighted by atomic mass is 16.5. The van der Waals surface area contributed by atoms with E-state index in [9.17, 15) is 9.59 Å². The number of anilines is 3. The highest BCUT2D eigenvalue weighted by molar-refractivity contribution is 5.94. The number of nitrogens with zero attached hydrogens (tertiary/aromatic N) is 1. The molecule has 0 fully saturated rings. The second-order valence-corrected chi connectivity index (χ2v) is 8.42. The Morgan fingerprint density at radius 2 is 1.76 bits per heavy atom. The summed E-state index contributed by atoms with van der Waals surface area (Å²) in [6.45, 7) is 1.73. The number of nitrogen functional groups attached to an aromatic ring is 1. The average Bonchev–Trinajstić information content (AvgIpc) is 2.90. The smallest absolute Gasteiger partial charge is 0.247 e. The summed E-state index contributed by atoms with van der Waals surface area (Å²) in [5, 5.41) is 10.8. The highest BCUT2D eigenvalue weighted by Crippen LogP contribution is 2.32. The van der Waals surface area contributed by atoms with Crippen molar-refractivity contribution in [3.05, 3.63) is 84.1 Å². The summed E-state index contributed by atoms with van der Waals surface area (Å²) in [5.74, 6) is 1.12. The zero-order valence-electron chi connectivity index (χ0n) is 20.9. The van der Waals surface area contributed by atoms with Gasteiger partial charge in [-0.15, -0.1) is 0 Å². The molecule has 0 unspecified atom stereocenters. The number of amides is 2. The number of fused-ring (bicyclic) bond motifs is 1. The Morgan fingerprint density at radius 1 is 0.946 bits per heavy atom. The van der Waals surface area contributed by atoms with Gasteiger partial charge in [-0.2, -0.15) is 0 Å². The van der Waals surface area contributed by atoms with Crippen molar-refractivity contribution in [2.75, 3.05) is 30.6 Å². The molecular weight excluding hydrogens is 470 g/mol. The lowest BCUT2D eigenvalue weighted by atomic mass is 10.0. The molecule has 4 rings (SSSR count). The third-order valence-corrected chi connectivity index (χ3v) is 5.82. The first-order valence-corrected chi connectivity index (χ1v) is 11.6. The molecule has 37 heavy (non-hydrogen) atoms. The van der Waals surface area contributed by atoms with Gasteiger partial charge in [-0.05, 0) is 65.0 Å². The van der Waals surface area contributed by atoms with Gasteiger partial charge in [0, 0.05) is 36.4 Å². The van der Waals surface area contributed by atoms with E-state index < -0.39 is 6.04 Å². The molecule has 0 aliphatic rings. The van der Waals surface area contributed by atoms with Crippen LogP contribution in [0, 0.1) is 0 Å². The topological polar surface area (TPSA) is 128 Å². The molecule has 0 saturated heterocycles. The molecule has 1 aromatic heterocycles. The molecular formula is C28H29N5O4. The number of hydrogen-bond donors (Lipinski definition) is 4. The zero-order chi connectivity index (χ0) is 26.4. The molecule has 2 amide bonds. The standard InChI is InChI=1S/C28H29N5O4/c1-17(34)32-21-6-4-5-18(13-21)16-31-28(35)26(20-7-10-24(36-2)25(15-20)37-3)33-22-8-9-23-19(14-22)11-12-30-27(23)29/h4-15,26,33H,16H2,1-3H3,(H2,29,30)(H,31,35)(H,32,34)/t26-/m1/s1. The number of aromatic nitrogens is 1. The van der Waals surface area contributed by atoms with Gasteiger partial charge in [-0.1, -0.05) is 18.2 Å². The van der Waals surface area contributed by atoms with Crippen LogP contribution in [0.25, 0.3) is 10.8 Å². The SMILES string of the molecule is COc1ccc([C@@H](Nc2ccc3c(N)nccc3c2)C(=O)NCc2cccc(NC(C)=O)c2)cc1OC. The van der Waals surface area contributed by atoms with E-state index in [2.05, 4.69) is 20.9 Å². The lowest BCUT2D eigenvalue weighted by Gasteiger charge is -2.22. The van der Waals surface area contributed by atoms with Crippen LogP contribution in [0.3, 0.4) is 0 Å². The predicted molar refractivity (Wildman–Crippen MR) is 145 cm³/mol. The van der Waals surface area contributed by atoms with Crippen molar-refractivity contribution in [1.82, 2.24) is 10.3 Å². The summed E-state index contributed by atoms with van der Waals surface area (Å²) < 4.78 is 10.8. The van der Waals surface area contributed by atoms with Crippen molar-refractivity contribution in [1.29, 1.82) is 0 Å². The Balaban J connectivity index is 1.62. The Kier molecular flexibility index (Phi) is 7.73. The number of rotatable bonds is 9. The van der Waals surface area contributed by atoms with Gasteiger partial charge in [-0.25, -0.2) is 4.98 Å². The van der Waals surface area contributed by atoms with Gasteiger partial charge in [0.25, 0.3) is 0 Å². The van der Waals surface area contributed by atoms with Crippen LogP contribution < -0.4 is 31.2 Å². The van der Waals surface area contributed by atoms with Gasteiger partial charge >= 0.3 is 0 Å². The Bertz CT molecular complexity index is 1440. The van der Waals surface area contributed by atoms with Crippen LogP contribution in [0.2, 0.25) is 0 Å². The van der Waals surface area contributed by atoms with Crippen molar-refractivity contribution in [2.45, 2.75) is 19.5 Å². The molecule has 1 heterocycles. The van der Waals surface area contributed by atoms with Crippen molar-refractivity contribution in [3.63, 3.8) is 0 Å². The minimum absolute atomic E-state index is 0.160. The van der Waals surface area contributed by atoms with Crippen molar-refractivity contribution < 1.29 is 19.1 Å². The minimum Gasteiger partial charge on any atom is -0.493 e. The monoisotopic (exact) mass is 499 g/mol. The summed E-state index contributed by atoms with van der Waals surface area (Å²) in [4.78, 5) is 29.0. The maximum absolute atomic E-state index is 13.5. The number of pyridine rings is 1. The summed E-state index contributed by atoms with van der Waals surface area (Å²) in [5.41, 5.74) is 8.93. The van der Waals surface area contributed by atoms with Gasteiger partial charge in [0.1, 0.15) is 11.9 Å². The van der Waals surface area contributed by atoms with Gasteiger partial charge in [0.15, 0.2) is 11.5 Å². The number of hydrogen-bond acceptors (Lipinski definition) is 7. The summed E-state index contributed by atoms with van der Waals surface area (Å²) >= 11 is 0. The maximum Gasteiger partial charge on any atom is 0.247 e. The Morgan fingerprint density at radius 3 is 2.51 bits per heavy atom. The van der Waals surface area contributed by atoms with Crippen molar-refractivity contribution in [2.24, 2.45) is 0 Å². The number of carbonyl (C=O) groups excluding carboxylic acids is 2. The molecule has 0 saturated carbocycles. The Labute approximate surface area is 215 Å². The van der Waals surface area contributed by atoms with Crippen LogP contribution in [-0.4, -0.2) is 31.0 Å². The van der Waals surface area contributed by atoms with E-state index in [1.807, 2.05) is 48.5 Å². The second-order valence-electron chi connectivity index (χ2n) is 8.42. The van der Waals surface area contributed by atoms with E-state index in [1.165, 1.54) is 6.92 Å². The first kappa shape index (κ1) is 25.3.